The fraction of sp³-hybridized carbons (Fsp3) is 0.917. The van der Waals surface area contributed by atoms with Crippen LogP contribution in [-0.2, 0) is 19.1 Å². The first-order valence-electron chi connectivity index (χ1n) is 11.5. The summed E-state index contributed by atoms with van der Waals surface area (Å²) in [4.78, 5) is 31.5. The van der Waals surface area contributed by atoms with E-state index in [1.165, 1.54) is 0 Å². The zero-order chi connectivity index (χ0) is 22.7. The van der Waals surface area contributed by atoms with Gasteiger partial charge in [0.2, 0.25) is 11.8 Å². The van der Waals surface area contributed by atoms with Crippen LogP contribution in [0.4, 0.5) is 0 Å². The lowest BCUT2D eigenvalue weighted by molar-refractivity contribution is -0.159. The minimum atomic E-state index is -0.629. The van der Waals surface area contributed by atoms with Crippen LogP contribution in [0.5, 0.6) is 0 Å². The van der Waals surface area contributed by atoms with E-state index in [9.17, 15) is 9.59 Å². The maximum absolute atomic E-state index is 13.9. The molecule has 6 nitrogen and oxygen atoms in total. The summed E-state index contributed by atoms with van der Waals surface area (Å²) in [6.45, 7) is 22.0. The molecule has 0 aromatic carbocycles. The topological polar surface area (TPSA) is 59.1 Å². The Balaban J connectivity index is 2.41. The number of rotatable bonds is 5. The summed E-state index contributed by atoms with van der Waals surface area (Å²) in [6.07, 6.45) is 0.736. The van der Waals surface area contributed by atoms with Gasteiger partial charge in [-0.15, -0.1) is 0 Å². The predicted molar refractivity (Wildman–Crippen MR) is 119 cm³/mol. The Kier molecular flexibility index (Phi) is 8.00. The number of ether oxygens (including phenoxy) is 2. The smallest absolute Gasteiger partial charge is 0.228 e. The molecule has 174 valence electrons. The summed E-state index contributed by atoms with van der Waals surface area (Å²) in [6, 6.07) is 0. The lowest BCUT2D eigenvalue weighted by Gasteiger charge is -2.49. The molecule has 2 saturated heterocycles. The van der Waals surface area contributed by atoms with Gasteiger partial charge in [0, 0.05) is 32.1 Å². The molecule has 0 aromatic heterocycles. The second kappa shape index (κ2) is 9.56. The van der Waals surface area contributed by atoms with E-state index in [0.29, 0.717) is 52.6 Å². The van der Waals surface area contributed by atoms with Crippen molar-refractivity contribution in [2.24, 2.45) is 28.1 Å². The third-order valence-corrected chi connectivity index (χ3v) is 6.71. The Morgan fingerprint density at radius 2 is 1.23 bits per heavy atom. The van der Waals surface area contributed by atoms with Crippen molar-refractivity contribution >= 4 is 11.8 Å². The highest BCUT2D eigenvalue weighted by molar-refractivity contribution is 5.85. The van der Waals surface area contributed by atoms with Gasteiger partial charge in [0.1, 0.15) is 0 Å². The van der Waals surface area contributed by atoms with Crippen LogP contribution in [0.2, 0.25) is 0 Å². The summed E-state index contributed by atoms with van der Waals surface area (Å²) >= 11 is 0. The van der Waals surface area contributed by atoms with Crippen molar-refractivity contribution in [2.75, 3.05) is 52.6 Å². The third kappa shape index (κ3) is 5.97. The zero-order valence-electron chi connectivity index (χ0n) is 20.5. The molecule has 0 aliphatic carbocycles. The van der Waals surface area contributed by atoms with Crippen LogP contribution >= 0.6 is 0 Å². The second-order valence-electron chi connectivity index (χ2n) is 11.6. The maximum atomic E-state index is 13.9. The summed E-state index contributed by atoms with van der Waals surface area (Å²) in [5.74, 6) is -0.0131. The number of morpholine rings is 2. The van der Waals surface area contributed by atoms with Gasteiger partial charge in [-0.3, -0.25) is 9.59 Å². The summed E-state index contributed by atoms with van der Waals surface area (Å²) in [5, 5.41) is 0. The fourth-order valence-corrected chi connectivity index (χ4v) is 5.34. The molecule has 2 amide bonds. The molecule has 0 radical (unpaired) electrons. The van der Waals surface area contributed by atoms with Crippen LogP contribution in [0.15, 0.2) is 0 Å². The molecule has 0 N–H and O–H groups in total. The average molecular weight is 425 g/mol. The Morgan fingerprint density at radius 1 is 0.800 bits per heavy atom. The fourth-order valence-electron chi connectivity index (χ4n) is 5.34. The molecule has 2 fully saturated rings. The second-order valence-corrected chi connectivity index (χ2v) is 11.6. The van der Waals surface area contributed by atoms with Gasteiger partial charge in [-0.1, -0.05) is 55.4 Å². The Labute approximate surface area is 183 Å². The molecular weight excluding hydrogens is 380 g/mol. The van der Waals surface area contributed by atoms with Crippen molar-refractivity contribution in [1.82, 2.24) is 9.80 Å². The van der Waals surface area contributed by atoms with Gasteiger partial charge >= 0.3 is 0 Å². The summed E-state index contributed by atoms with van der Waals surface area (Å²) < 4.78 is 10.9. The molecule has 0 spiro atoms. The first-order chi connectivity index (χ1) is 13.8. The van der Waals surface area contributed by atoms with Crippen molar-refractivity contribution in [1.29, 1.82) is 0 Å². The van der Waals surface area contributed by atoms with Gasteiger partial charge in [0.25, 0.3) is 0 Å². The Hall–Kier alpha value is -1.14. The van der Waals surface area contributed by atoms with Crippen LogP contribution in [-0.4, -0.2) is 74.2 Å². The van der Waals surface area contributed by atoms with Crippen molar-refractivity contribution in [3.05, 3.63) is 0 Å². The van der Waals surface area contributed by atoms with E-state index in [-0.39, 0.29) is 34.5 Å². The minimum Gasteiger partial charge on any atom is -0.378 e. The van der Waals surface area contributed by atoms with Crippen LogP contribution in [0, 0.1) is 28.1 Å². The lowest BCUT2D eigenvalue weighted by atomic mass is 9.58. The van der Waals surface area contributed by atoms with Gasteiger partial charge in [-0.2, -0.15) is 0 Å². The molecule has 3 atom stereocenters. The van der Waals surface area contributed by atoms with Crippen molar-refractivity contribution < 1.29 is 19.1 Å². The highest BCUT2D eigenvalue weighted by atomic mass is 16.5. The monoisotopic (exact) mass is 424 g/mol. The van der Waals surface area contributed by atoms with E-state index in [1.807, 2.05) is 9.80 Å². The molecule has 2 heterocycles. The van der Waals surface area contributed by atoms with Gasteiger partial charge in [-0.25, -0.2) is 0 Å². The average Bonchev–Trinajstić information content (AvgIpc) is 2.66. The summed E-state index contributed by atoms with van der Waals surface area (Å²) in [5.41, 5.74) is -0.913. The molecule has 6 heteroatoms. The summed E-state index contributed by atoms with van der Waals surface area (Å²) in [7, 11) is 0. The first-order valence-corrected chi connectivity index (χ1v) is 11.5. The molecule has 30 heavy (non-hydrogen) atoms. The van der Waals surface area contributed by atoms with E-state index in [1.54, 1.807) is 0 Å². The first kappa shape index (κ1) is 25.1. The van der Waals surface area contributed by atoms with Crippen molar-refractivity contribution in [3.8, 4) is 0 Å². The molecule has 0 saturated carbocycles. The largest absolute Gasteiger partial charge is 0.378 e. The standard InChI is InChI=1S/C24H44N2O4/c1-18(19(23(5,6)7)20(27)25-9-13-29-14-10-25)24(8,17-22(2,3)4)21(28)26-11-15-30-16-12-26/h18-19H,9-17H2,1-8H3. The zero-order valence-corrected chi connectivity index (χ0v) is 20.5. The number of hydrogen-bond acceptors (Lipinski definition) is 4. The van der Waals surface area contributed by atoms with E-state index < -0.39 is 5.41 Å². The third-order valence-electron chi connectivity index (χ3n) is 6.71. The van der Waals surface area contributed by atoms with Crippen LogP contribution in [0.25, 0.3) is 0 Å². The molecule has 0 aromatic rings. The maximum Gasteiger partial charge on any atom is 0.228 e. The van der Waals surface area contributed by atoms with Gasteiger partial charge in [0.05, 0.1) is 31.8 Å². The molecular formula is C24H44N2O4. The van der Waals surface area contributed by atoms with Crippen LogP contribution in [0.3, 0.4) is 0 Å². The van der Waals surface area contributed by atoms with Crippen LogP contribution in [0.1, 0.15) is 61.8 Å². The highest BCUT2D eigenvalue weighted by Crippen LogP contribution is 2.48. The van der Waals surface area contributed by atoms with E-state index >= 15 is 0 Å². The Morgan fingerprint density at radius 3 is 1.63 bits per heavy atom. The number of hydrogen-bond donors (Lipinski definition) is 0. The van der Waals surface area contributed by atoms with Crippen molar-refractivity contribution in [3.63, 3.8) is 0 Å². The van der Waals surface area contributed by atoms with E-state index in [2.05, 4.69) is 55.4 Å². The normalized spacial score (nSPS) is 22.9. The SMILES string of the molecule is CC(C(C(=O)N1CCOCC1)C(C)(C)C)C(C)(CC(C)(C)C)C(=O)N1CCOCC1. The molecule has 2 aliphatic rings. The quantitative estimate of drug-likeness (QED) is 0.678. The lowest BCUT2D eigenvalue weighted by Crippen LogP contribution is -2.56. The number of amides is 2. The number of nitrogens with zero attached hydrogens (tertiary/aromatic N) is 2. The highest BCUT2D eigenvalue weighted by Gasteiger charge is 2.51. The van der Waals surface area contributed by atoms with Gasteiger partial charge < -0.3 is 19.3 Å². The van der Waals surface area contributed by atoms with Crippen LogP contribution < -0.4 is 0 Å². The van der Waals surface area contributed by atoms with Crippen molar-refractivity contribution in [2.45, 2.75) is 61.8 Å². The number of carbonyl (C=O) groups excluding carboxylic acids is 2. The molecule has 2 aliphatic heterocycles. The predicted octanol–water partition coefficient (Wildman–Crippen LogP) is 3.44. The van der Waals surface area contributed by atoms with E-state index in [4.69, 9.17) is 9.47 Å². The molecule has 2 rings (SSSR count). The van der Waals surface area contributed by atoms with Gasteiger partial charge in [-0.05, 0) is 23.2 Å². The Bertz CT molecular complexity index is 595. The molecule has 0 bridgehead atoms. The molecule has 3 unspecified atom stereocenters. The number of carbonyl (C=O) groups is 2. The van der Waals surface area contributed by atoms with E-state index in [0.717, 1.165) is 6.42 Å². The minimum absolute atomic E-state index is 0.0323. The van der Waals surface area contributed by atoms with Gasteiger partial charge in [0.15, 0.2) is 0 Å².